The Morgan fingerprint density at radius 2 is 2.19 bits per heavy atom. The maximum atomic E-state index is 11.1. The first-order valence-corrected chi connectivity index (χ1v) is 7.59. The summed E-state index contributed by atoms with van der Waals surface area (Å²) in [6.45, 7) is 6.15. The van der Waals surface area contributed by atoms with Gasteiger partial charge in [-0.1, -0.05) is 11.6 Å². The van der Waals surface area contributed by atoms with Gasteiger partial charge in [-0.25, -0.2) is 9.97 Å². The van der Waals surface area contributed by atoms with E-state index in [1.165, 1.54) is 0 Å². The van der Waals surface area contributed by atoms with E-state index in [9.17, 15) is 4.79 Å². The molecule has 0 unspecified atom stereocenters. The fourth-order valence-corrected chi connectivity index (χ4v) is 2.61. The van der Waals surface area contributed by atoms with E-state index in [1.54, 1.807) is 13.0 Å². The number of amides is 1. The second-order valence-electron chi connectivity index (χ2n) is 5.06. The summed E-state index contributed by atoms with van der Waals surface area (Å²) >= 11 is 6.06. The average molecular weight is 313 g/mol. The first-order valence-electron chi connectivity index (χ1n) is 7.21. The average Bonchev–Trinajstić information content (AvgIpc) is 2.44. The van der Waals surface area contributed by atoms with Gasteiger partial charge >= 0.3 is 0 Å². The van der Waals surface area contributed by atoms with Crippen LogP contribution in [0, 0.1) is 0 Å². The Bertz CT molecular complexity index is 490. The minimum Gasteiger partial charge on any atom is -0.374 e. The Balaban J connectivity index is 1.99. The Morgan fingerprint density at radius 1 is 1.48 bits per heavy atom. The van der Waals surface area contributed by atoms with Crippen LogP contribution in [0.1, 0.15) is 32.5 Å². The van der Waals surface area contributed by atoms with Crippen LogP contribution < -0.4 is 10.2 Å². The summed E-state index contributed by atoms with van der Waals surface area (Å²) in [5.41, 5.74) is 0. The number of anilines is 1. The molecular formula is C14H21ClN4O2. The second-order valence-corrected chi connectivity index (χ2v) is 5.45. The van der Waals surface area contributed by atoms with Gasteiger partial charge in [0, 0.05) is 38.7 Å². The van der Waals surface area contributed by atoms with Crippen LogP contribution in [0.2, 0.25) is 5.15 Å². The van der Waals surface area contributed by atoms with E-state index in [2.05, 4.69) is 20.2 Å². The van der Waals surface area contributed by atoms with Crippen LogP contribution >= 0.6 is 11.6 Å². The molecule has 1 aliphatic heterocycles. The smallest absolute Gasteiger partial charge is 0.217 e. The number of nitrogens with zero attached hydrogens (tertiary/aromatic N) is 3. The fraction of sp³-hybridized carbons (Fsp3) is 0.643. The molecule has 1 N–H and O–H groups in total. The lowest BCUT2D eigenvalue weighted by molar-refractivity contribution is -0.119. The monoisotopic (exact) mass is 312 g/mol. The molecule has 6 nitrogen and oxygen atoms in total. The van der Waals surface area contributed by atoms with Crippen LogP contribution in [-0.2, 0) is 16.1 Å². The third-order valence-electron chi connectivity index (χ3n) is 3.39. The molecule has 1 aromatic heterocycles. The summed E-state index contributed by atoms with van der Waals surface area (Å²) < 4.78 is 5.33. The molecule has 1 fully saturated rings. The lowest BCUT2D eigenvalue weighted by Crippen LogP contribution is -2.44. The SMILES string of the molecule is CCOCc1nc(Cl)cc(N2CCC(NC(C)=O)CC2)n1. The molecular weight excluding hydrogens is 292 g/mol. The van der Waals surface area contributed by atoms with Crippen LogP contribution in [0.15, 0.2) is 6.07 Å². The van der Waals surface area contributed by atoms with E-state index >= 15 is 0 Å². The van der Waals surface area contributed by atoms with Crippen molar-refractivity contribution >= 4 is 23.3 Å². The van der Waals surface area contributed by atoms with E-state index in [1.807, 2.05) is 6.92 Å². The van der Waals surface area contributed by atoms with Crippen molar-refractivity contribution in [3.8, 4) is 0 Å². The van der Waals surface area contributed by atoms with Gasteiger partial charge in [0.25, 0.3) is 0 Å². The molecule has 0 radical (unpaired) electrons. The maximum absolute atomic E-state index is 11.1. The van der Waals surface area contributed by atoms with E-state index < -0.39 is 0 Å². The zero-order chi connectivity index (χ0) is 15.2. The predicted molar refractivity (Wildman–Crippen MR) is 81.4 cm³/mol. The standard InChI is InChI=1S/C14H21ClN4O2/c1-3-21-9-13-17-12(15)8-14(18-13)19-6-4-11(5-7-19)16-10(2)20/h8,11H,3-7,9H2,1-2H3,(H,16,20). The van der Waals surface area contributed by atoms with E-state index in [4.69, 9.17) is 16.3 Å². The first kappa shape index (κ1) is 16.0. The molecule has 21 heavy (non-hydrogen) atoms. The second kappa shape index (κ2) is 7.56. The van der Waals surface area contributed by atoms with Crippen LogP contribution in [-0.4, -0.2) is 41.6 Å². The minimum absolute atomic E-state index is 0.0255. The molecule has 1 saturated heterocycles. The number of rotatable bonds is 5. The zero-order valence-corrected chi connectivity index (χ0v) is 13.2. The van der Waals surface area contributed by atoms with E-state index in [0.717, 1.165) is 31.7 Å². The van der Waals surface area contributed by atoms with Crippen LogP contribution in [0.5, 0.6) is 0 Å². The Hall–Kier alpha value is -1.40. The van der Waals surface area contributed by atoms with Crippen molar-refractivity contribution in [2.24, 2.45) is 0 Å². The number of ether oxygens (including phenoxy) is 1. The summed E-state index contributed by atoms with van der Waals surface area (Å²) in [4.78, 5) is 21.9. The molecule has 7 heteroatoms. The van der Waals surface area contributed by atoms with Crippen molar-refractivity contribution in [3.63, 3.8) is 0 Å². The summed E-state index contributed by atoms with van der Waals surface area (Å²) in [5, 5.41) is 3.39. The third kappa shape index (κ3) is 4.82. The Kier molecular flexibility index (Phi) is 5.76. The van der Waals surface area contributed by atoms with Gasteiger partial charge in [0.1, 0.15) is 17.6 Å². The highest BCUT2D eigenvalue weighted by Gasteiger charge is 2.21. The summed E-state index contributed by atoms with van der Waals surface area (Å²) in [6, 6.07) is 2.02. The third-order valence-corrected chi connectivity index (χ3v) is 3.58. The molecule has 0 aliphatic carbocycles. The summed E-state index contributed by atoms with van der Waals surface area (Å²) in [7, 11) is 0. The highest BCUT2D eigenvalue weighted by molar-refractivity contribution is 6.29. The topological polar surface area (TPSA) is 67.3 Å². The molecule has 1 amide bonds. The van der Waals surface area contributed by atoms with Crippen molar-refractivity contribution in [1.29, 1.82) is 0 Å². The molecule has 1 aliphatic rings. The molecule has 1 aromatic rings. The van der Waals surface area contributed by atoms with Crippen LogP contribution in [0.4, 0.5) is 5.82 Å². The van der Waals surface area contributed by atoms with Gasteiger partial charge < -0.3 is 15.0 Å². The summed E-state index contributed by atoms with van der Waals surface area (Å²) in [5.74, 6) is 1.45. The number of carbonyl (C=O) groups excluding carboxylic acids is 1. The van der Waals surface area contributed by atoms with Crippen molar-refractivity contribution in [3.05, 3.63) is 17.0 Å². The number of nitrogens with one attached hydrogen (secondary N) is 1. The molecule has 0 saturated carbocycles. The lowest BCUT2D eigenvalue weighted by atomic mass is 10.1. The number of aromatic nitrogens is 2. The van der Waals surface area contributed by atoms with Crippen molar-refractivity contribution in [1.82, 2.24) is 15.3 Å². The lowest BCUT2D eigenvalue weighted by Gasteiger charge is -2.33. The number of hydrogen-bond acceptors (Lipinski definition) is 5. The summed E-state index contributed by atoms with van der Waals surface area (Å²) in [6.07, 6.45) is 1.81. The first-order chi connectivity index (χ1) is 10.1. The van der Waals surface area contributed by atoms with Gasteiger partial charge in [-0.3, -0.25) is 4.79 Å². The Morgan fingerprint density at radius 3 is 2.81 bits per heavy atom. The quantitative estimate of drug-likeness (QED) is 0.839. The normalized spacial score (nSPS) is 16.0. The van der Waals surface area contributed by atoms with Crippen molar-refractivity contribution in [2.75, 3.05) is 24.6 Å². The minimum atomic E-state index is 0.0255. The van der Waals surface area contributed by atoms with Crippen molar-refractivity contribution < 1.29 is 9.53 Å². The maximum Gasteiger partial charge on any atom is 0.217 e. The number of piperidine rings is 1. The van der Waals surface area contributed by atoms with Gasteiger partial charge in [-0.2, -0.15) is 0 Å². The van der Waals surface area contributed by atoms with Crippen molar-refractivity contribution in [2.45, 2.75) is 39.3 Å². The molecule has 0 spiro atoms. The van der Waals surface area contributed by atoms with Crippen LogP contribution in [0.3, 0.4) is 0 Å². The van der Waals surface area contributed by atoms with E-state index in [-0.39, 0.29) is 11.9 Å². The fourth-order valence-electron chi connectivity index (χ4n) is 2.41. The van der Waals surface area contributed by atoms with Gasteiger partial charge in [0.2, 0.25) is 5.91 Å². The largest absolute Gasteiger partial charge is 0.374 e. The van der Waals surface area contributed by atoms with Gasteiger partial charge in [0.15, 0.2) is 5.82 Å². The number of carbonyl (C=O) groups is 1. The zero-order valence-electron chi connectivity index (χ0n) is 12.4. The highest BCUT2D eigenvalue weighted by Crippen LogP contribution is 2.21. The predicted octanol–water partition coefficient (Wildman–Crippen LogP) is 1.77. The molecule has 2 rings (SSSR count). The highest BCUT2D eigenvalue weighted by atomic mass is 35.5. The number of halogens is 1. The molecule has 116 valence electrons. The number of hydrogen-bond donors (Lipinski definition) is 1. The molecule has 0 bridgehead atoms. The Labute approximate surface area is 129 Å². The molecule has 0 atom stereocenters. The molecule has 2 heterocycles. The van der Waals surface area contributed by atoms with Gasteiger partial charge in [-0.15, -0.1) is 0 Å². The molecule has 0 aromatic carbocycles. The van der Waals surface area contributed by atoms with Gasteiger partial charge in [-0.05, 0) is 19.8 Å². The van der Waals surface area contributed by atoms with E-state index in [0.29, 0.717) is 24.2 Å². The van der Waals surface area contributed by atoms with Gasteiger partial charge in [0.05, 0.1) is 0 Å². The van der Waals surface area contributed by atoms with Crippen LogP contribution in [0.25, 0.3) is 0 Å².